The van der Waals surface area contributed by atoms with Crippen LogP contribution in [0.2, 0.25) is 0 Å². The number of hydrogen-bond donors (Lipinski definition) is 4. The molecule has 0 spiro atoms. The zero-order chi connectivity index (χ0) is 29.3. The van der Waals surface area contributed by atoms with Crippen molar-refractivity contribution in [1.82, 2.24) is 0 Å². The monoisotopic (exact) mass is 564 g/mol. The van der Waals surface area contributed by atoms with Crippen LogP contribution < -0.4 is 9.62 Å². The Bertz CT molecular complexity index is 1620. The van der Waals surface area contributed by atoms with E-state index in [1.807, 2.05) is 0 Å². The summed E-state index contributed by atoms with van der Waals surface area (Å²) < 4.78 is 28.4. The molecule has 40 heavy (non-hydrogen) atoms. The summed E-state index contributed by atoms with van der Waals surface area (Å²) in [6.07, 6.45) is 0. The smallest absolute Gasteiger partial charge is 0.327 e. The molecule has 4 N–H and O–H groups in total. The zero-order valence-corrected chi connectivity index (χ0v) is 23.0. The lowest BCUT2D eigenvalue weighted by molar-refractivity contribution is -0.139. The van der Waals surface area contributed by atoms with Crippen molar-refractivity contribution in [3.63, 3.8) is 0 Å². The Kier molecular flexibility index (Phi) is 8.08. The summed E-state index contributed by atoms with van der Waals surface area (Å²) in [5.74, 6) is -2.65. The molecule has 1 aromatic heterocycles. The van der Waals surface area contributed by atoms with E-state index in [0.717, 1.165) is 15.4 Å². The first-order valence-electron chi connectivity index (χ1n) is 12.3. The molecule has 0 aliphatic carbocycles. The fourth-order valence-corrected chi connectivity index (χ4v) is 5.39. The molecule has 0 fully saturated rings. The number of carbonyl (C=O) groups is 3. The summed E-state index contributed by atoms with van der Waals surface area (Å²) in [6, 6.07) is 15.3. The van der Waals surface area contributed by atoms with E-state index < -0.39 is 35.1 Å². The molecule has 1 amide bonds. The number of rotatable bonds is 9. The maximum absolute atomic E-state index is 13.0. The highest BCUT2D eigenvalue weighted by Gasteiger charge is 2.32. The van der Waals surface area contributed by atoms with Crippen LogP contribution in [0.1, 0.15) is 47.2 Å². The van der Waals surface area contributed by atoms with Gasteiger partial charge >= 0.3 is 5.97 Å². The third-order valence-electron chi connectivity index (χ3n) is 6.56. The molecule has 0 saturated carbocycles. The van der Waals surface area contributed by atoms with Crippen LogP contribution in [-0.2, 0) is 16.1 Å². The summed E-state index contributed by atoms with van der Waals surface area (Å²) in [6.45, 7) is 6.30. The predicted molar refractivity (Wildman–Crippen MR) is 152 cm³/mol. The highest BCUT2D eigenvalue weighted by Crippen LogP contribution is 2.36. The second-order valence-electron chi connectivity index (χ2n) is 9.61. The van der Waals surface area contributed by atoms with Crippen molar-refractivity contribution in [2.45, 2.75) is 33.7 Å². The quantitative estimate of drug-likeness (QED) is 0.151. The standard InChI is InChI=1S/C29H28N2O8S/c1-15(2)25(29(35)36)31(40(37)38)21-11-7-19(8-12-21)18-5-9-20(10-6-18)30-28(34)27-16(3)24-23(39-27)14-13-22(17(4)32)26(24)33/h5-15,25,33H,1-4H3,(H,30,34)(H,35,36)(H,37,38). The minimum Gasteiger partial charge on any atom is -0.506 e. The number of carboxylic acid groups (broad SMARTS) is 1. The van der Waals surface area contributed by atoms with Crippen LogP contribution in [0.25, 0.3) is 22.1 Å². The molecular weight excluding hydrogens is 536 g/mol. The molecule has 11 heteroatoms. The third kappa shape index (κ3) is 5.47. The largest absolute Gasteiger partial charge is 0.506 e. The number of phenols is 1. The van der Waals surface area contributed by atoms with E-state index in [1.165, 1.54) is 19.1 Å². The van der Waals surface area contributed by atoms with Gasteiger partial charge in [-0.15, -0.1) is 0 Å². The van der Waals surface area contributed by atoms with E-state index in [-0.39, 0.29) is 34.1 Å². The number of aryl methyl sites for hydroxylation is 1. The predicted octanol–water partition coefficient (Wildman–Crippen LogP) is 5.62. The number of anilines is 2. The number of hydrogen-bond acceptors (Lipinski definition) is 6. The van der Waals surface area contributed by atoms with Crippen molar-refractivity contribution in [3.8, 4) is 16.9 Å². The maximum atomic E-state index is 13.0. The van der Waals surface area contributed by atoms with Gasteiger partial charge in [0.25, 0.3) is 17.2 Å². The van der Waals surface area contributed by atoms with Gasteiger partial charge in [-0.3, -0.25) is 18.4 Å². The van der Waals surface area contributed by atoms with Gasteiger partial charge in [0.1, 0.15) is 17.4 Å². The average Bonchev–Trinajstić information content (AvgIpc) is 3.24. The molecule has 2 atom stereocenters. The molecular formula is C29H28N2O8S. The highest BCUT2D eigenvalue weighted by atomic mass is 32.2. The van der Waals surface area contributed by atoms with Crippen LogP contribution in [0.15, 0.2) is 65.1 Å². The summed E-state index contributed by atoms with van der Waals surface area (Å²) >= 11 is -2.54. The van der Waals surface area contributed by atoms with E-state index in [4.69, 9.17) is 4.42 Å². The van der Waals surface area contributed by atoms with Gasteiger partial charge in [-0.1, -0.05) is 38.1 Å². The van der Waals surface area contributed by atoms with Crippen LogP contribution in [0.3, 0.4) is 0 Å². The lowest BCUT2D eigenvalue weighted by atomic mass is 10.0. The molecule has 0 radical (unpaired) electrons. The number of nitrogens with one attached hydrogen (secondary N) is 1. The number of Topliss-reactive ketones (excluding diaryl/α,β-unsaturated/α-hetero) is 1. The van der Waals surface area contributed by atoms with E-state index in [0.29, 0.717) is 16.6 Å². The van der Waals surface area contributed by atoms with Crippen LogP contribution in [-0.4, -0.2) is 42.7 Å². The van der Waals surface area contributed by atoms with E-state index in [2.05, 4.69) is 5.32 Å². The molecule has 3 aromatic carbocycles. The Morgan fingerprint density at radius 2 is 1.52 bits per heavy atom. The normalized spacial score (nSPS) is 12.8. The Morgan fingerprint density at radius 3 is 2.02 bits per heavy atom. The van der Waals surface area contributed by atoms with Crippen molar-refractivity contribution >= 4 is 51.3 Å². The minimum atomic E-state index is -2.54. The summed E-state index contributed by atoms with van der Waals surface area (Å²) in [5.41, 5.74) is 3.18. The first-order chi connectivity index (χ1) is 18.9. The number of amides is 1. The number of fused-ring (bicyclic) bond motifs is 1. The van der Waals surface area contributed by atoms with Crippen molar-refractivity contribution < 1.29 is 37.8 Å². The molecule has 0 saturated heterocycles. The maximum Gasteiger partial charge on any atom is 0.327 e. The number of benzene rings is 3. The number of furan rings is 1. The van der Waals surface area contributed by atoms with E-state index in [1.54, 1.807) is 69.3 Å². The topological polar surface area (TPSA) is 157 Å². The van der Waals surface area contributed by atoms with Crippen molar-refractivity contribution in [3.05, 3.63) is 77.6 Å². The Hall–Kier alpha value is -4.48. The molecule has 4 rings (SSSR count). The van der Waals surface area contributed by atoms with Gasteiger partial charge in [0.2, 0.25) is 0 Å². The minimum absolute atomic E-state index is 0.0116. The Labute approximate surface area is 232 Å². The summed E-state index contributed by atoms with van der Waals surface area (Å²) in [4.78, 5) is 36.4. The molecule has 0 aliphatic rings. The number of phenolic OH excluding ortho intramolecular Hbond substituents is 1. The zero-order valence-electron chi connectivity index (χ0n) is 22.2. The average molecular weight is 565 g/mol. The SMILES string of the molecule is CC(=O)c1ccc2oc(C(=O)Nc3ccc(-c4ccc(N(C(C(=O)O)C(C)C)S(=O)O)cc4)cc3)c(C)c2c1O. The van der Waals surface area contributed by atoms with Gasteiger partial charge < -0.3 is 19.9 Å². The van der Waals surface area contributed by atoms with Crippen molar-refractivity contribution in [2.24, 2.45) is 5.92 Å². The number of nitrogens with zero attached hydrogens (tertiary/aromatic N) is 1. The molecule has 0 bridgehead atoms. The Morgan fingerprint density at radius 1 is 0.950 bits per heavy atom. The second kappa shape index (κ2) is 11.3. The van der Waals surface area contributed by atoms with Gasteiger partial charge in [-0.05, 0) is 67.3 Å². The fourth-order valence-electron chi connectivity index (χ4n) is 4.56. The van der Waals surface area contributed by atoms with Crippen LogP contribution in [0.5, 0.6) is 5.75 Å². The van der Waals surface area contributed by atoms with Crippen LogP contribution in [0, 0.1) is 12.8 Å². The highest BCUT2D eigenvalue weighted by molar-refractivity contribution is 7.80. The first-order valence-corrected chi connectivity index (χ1v) is 13.4. The third-order valence-corrected chi connectivity index (χ3v) is 7.33. The number of aliphatic carboxylic acids is 1. The molecule has 0 aliphatic heterocycles. The fraction of sp³-hybridized carbons (Fsp3) is 0.207. The lowest BCUT2D eigenvalue weighted by Crippen LogP contribution is -2.45. The number of carbonyl (C=O) groups excluding carboxylic acids is 2. The van der Waals surface area contributed by atoms with E-state index >= 15 is 0 Å². The van der Waals surface area contributed by atoms with Crippen LogP contribution >= 0.6 is 0 Å². The molecule has 4 aromatic rings. The van der Waals surface area contributed by atoms with Crippen LogP contribution in [0.4, 0.5) is 11.4 Å². The molecule has 1 heterocycles. The summed E-state index contributed by atoms with van der Waals surface area (Å²) in [5, 5.41) is 23.1. The lowest BCUT2D eigenvalue weighted by Gasteiger charge is -2.29. The molecule has 2 unspecified atom stereocenters. The van der Waals surface area contributed by atoms with Gasteiger partial charge in [0.05, 0.1) is 16.6 Å². The van der Waals surface area contributed by atoms with E-state index in [9.17, 15) is 33.4 Å². The Balaban J connectivity index is 1.53. The molecule has 10 nitrogen and oxygen atoms in total. The number of aromatic hydroxyl groups is 1. The van der Waals surface area contributed by atoms with Crippen molar-refractivity contribution in [2.75, 3.05) is 9.62 Å². The number of carboxylic acids is 1. The van der Waals surface area contributed by atoms with Gasteiger partial charge in [0.15, 0.2) is 11.5 Å². The van der Waals surface area contributed by atoms with Gasteiger partial charge in [-0.2, -0.15) is 0 Å². The van der Waals surface area contributed by atoms with Gasteiger partial charge in [-0.25, -0.2) is 9.00 Å². The van der Waals surface area contributed by atoms with Gasteiger partial charge in [0, 0.05) is 11.3 Å². The van der Waals surface area contributed by atoms with Crippen molar-refractivity contribution in [1.29, 1.82) is 0 Å². The summed E-state index contributed by atoms with van der Waals surface area (Å²) in [7, 11) is 0. The first kappa shape index (κ1) is 28.5. The molecule has 208 valence electrons. The number of ketones is 1. The second-order valence-corrected chi connectivity index (χ2v) is 10.5.